The second-order valence-electron chi connectivity index (χ2n) is 5.49. The number of hydrogen-bond donors (Lipinski definition) is 0. The van der Waals surface area contributed by atoms with Gasteiger partial charge >= 0.3 is 0 Å². The summed E-state index contributed by atoms with van der Waals surface area (Å²) in [6.45, 7) is 0. The molecule has 3 aromatic carbocycles. The summed E-state index contributed by atoms with van der Waals surface area (Å²) in [4.78, 5) is 12.5. The number of hydrogen-bond acceptors (Lipinski definition) is 4. The summed E-state index contributed by atoms with van der Waals surface area (Å²) in [6.07, 6.45) is 0. The van der Waals surface area contributed by atoms with Crippen LogP contribution in [0.25, 0.3) is 0 Å². The van der Waals surface area contributed by atoms with Crippen molar-refractivity contribution in [1.29, 1.82) is 0 Å². The Hall–Kier alpha value is -2.05. The van der Waals surface area contributed by atoms with Gasteiger partial charge in [0.25, 0.3) is 9.05 Å². The van der Waals surface area contributed by atoms with Crippen LogP contribution in [0.5, 0.6) is 11.5 Å². The van der Waals surface area contributed by atoms with Crippen molar-refractivity contribution in [2.24, 2.45) is 0 Å². The number of halogens is 3. The number of ketones is 1. The predicted octanol–water partition coefficient (Wildman–Crippen LogP) is 5.94. The minimum Gasteiger partial charge on any atom is -0.457 e. The van der Waals surface area contributed by atoms with E-state index >= 15 is 0 Å². The zero-order valence-electron chi connectivity index (χ0n) is 13.5. The summed E-state index contributed by atoms with van der Waals surface area (Å²) in [6, 6.07) is 16.8. The van der Waals surface area contributed by atoms with Crippen LogP contribution in [0.2, 0.25) is 10.0 Å². The van der Waals surface area contributed by atoms with E-state index in [1.807, 2.05) is 0 Å². The summed E-state index contributed by atoms with van der Waals surface area (Å²) in [5.74, 6) is 0.645. The third-order valence-corrected chi connectivity index (χ3v) is 5.56. The number of carbonyl (C=O) groups is 1. The van der Waals surface area contributed by atoms with E-state index in [-0.39, 0.29) is 10.7 Å². The molecule has 8 heteroatoms. The van der Waals surface area contributed by atoms with Gasteiger partial charge in [0.15, 0.2) is 5.78 Å². The molecule has 0 aliphatic rings. The van der Waals surface area contributed by atoms with E-state index in [1.165, 1.54) is 30.3 Å². The highest BCUT2D eigenvalue weighted by atomic mass is 35.7. The molecule has 0 atom stereocenters. The van der Waals surface area contributed by atoms with Crippen molar-refractivity contribution in [1.82, 2.24) is 0 Å². The highest BCUT2D eigenvalue weighted by Crippen LogP contribution is 2.27. The fourth-order valence-electron chi connectivity index (χ4n) is 2.31. The number of benzene rings is 3. The third kappa shape index (κ3) is 4.82. The van der Waals surface area contributed by atoms with Crippen molar-refractivity contribution in [2.45, 2.75) is 4.90 Å². The van der Waals surface area contributed by atoms with Gasteiger partial charge in [-0.2, -0.15) is 0 Å². The largest absolute Gasteiger partial charge is 0.457 e. The van der Waals surface area contributed by atoms with Gasteiger partial charge in [-0.1, -0.05) is 23.2 Å². The van der Waals surface area contributed by atoms with Gasteiger partial charge in [0, 0.05) is 26.8 Å². The normalized spacial score (nSPS) is 11.2. The maximum absolute atomic E-state index is 12.6. The summed E-state index contributed by atoms with van der Waals surface area (Å²) >= 11 is 12.0. The average molecular weight is 442 g/mol. The zero-order valence-corrected chi connectivity index (χ0v) is 16.6. The van der Waals surface area contributed by atoms with E-state index in [0.29, 0.717) is 32.7 Å². The second kappa shape index (κ2) is 7.90. The van der Waals surface area contributed by atoms with E-state index in [2.05, 4.69) is 0 Å². The molecule has 0 bridgehead atoms. The van der Waals surface area contributed by atoms with Crippen LogP contribution >= 0.6 is 33.9 Å². The Morgan fingerprint density at radius 2 is 1.37 bits per heavy atom. The van der Waals surface area contributed by atoms with Crippen LogP contribution in [0.15, 0.2) is 71.6 Å². The van der Waals surface area contributed by atoms with Gasteiger partial charge in [0.05, 0.1) is 9.92 Å². The molecule has 0 aromatic heterocycles. The lowest BCUT2D eigenvalue weighted by atomic mass is 10.0. The standard InChI is InChI=1S/C19H11Cl3O4S/c20-13-3-10-18(21)17(11-13)19(23)12-1-4-14(5-2-12)26-15-6-8-16(9-7-15)27(22,24)25/h1-11H. The highest BCUT2D eigenvalue weighted by molar-refractivity contribution is 8.13. The van der Waals surface area contributed by atoms with E-state index in [1.54, 1.807) is 36.4 Å². The monoisotopic (exact) mass is 440 g/mol. The molecule has 3 aromatic rings. The smallest absolute Gasteiger partial charge is 0.261 e. The first-order valence-electron chi connectivity index (χ1n) is 7.56. The first-order valence-corrected chi connectivity index (χ1v) is 10.6. The molecule has 0 spiro atoms. The van der Waals surface area contributed by atoms with Crippen molar-refractivity contribution in [3.8, 4) is 11.5 Å². The van der Waals surface area contributed by atoms with Crippen molar-refractivity contribution < 1.29 is 17.9 Å². The first-order chi connectivity index (χ1) is 12.7. The Kier molecular flexibility index (Phi) is 5.77. The van der Waals surface area contributed by atoms with Crippen LogP contribution in [-0.4, -0.2) is 14.2 Å². The Morgan fingerprint density at radius 1 is 0.815 bits per heavy atom. The molecule has 0 saturated carbocycles. The molecule has 0 saturated heterocycles. The lowest BCUT2D eigenvalue weighted by Gasteiger charge is -2.08. The van der Waals surface area contributed by atoms with Crippen LogP contribution in [0.1, 0.15) is 15.9 Å². The molecule has 27 heavy (non-hydrogen) atoms. The Bertz CT molecular complexity index is 1090. The summed E-state index contributed by atoms with van der Waals surface area (Å²) in [5.41, 5.74) is 0.741. The number of ether oxygens (including phenoxy) is 1. The molecule has 0 amide bonds. The molecule has 3 rings (SSSR count). The summed E-state index contributed by atoms with van der Waals surface area (Å²) in [7, 11) is 1.49. The Morgan fingerprint density at radius 3 is 1.93 bits per heavy atom. The van der Waals surface area contributed by atoms with E-state index in [4.69, 9.17) is 38.6 Å². The van der Waals surface area contributed by atoms with Crippen LogP contribution in [-0.2, 0) is 9.05 Å². The van der Waals surface area contributed by atoms with Crippen molar-refractivity contribution >= 4 is 48.7 Å². The Labute approximate surface area is 170 Å². The molecule has 0 heterocycles. The average Bonchev–Trinajstić information content (AvgIpc) is 2.63. The van der Waals surface area contributed by atoms with Gasteiger partial charge in [-0.3, -0.25) is 4.79 Å². The van der Waals surface area contributed by atoms with Gasteiger partial charge in [-0.25, -0.2) is 8.42 Å². The van der Waals surface area contributed by atoms with Crippen molar-refractivity contribution in [2.75, 3.05) is 0 Å². The number of rotatable bonds is 5. The van der Waals surface area contributed by atoms with E-state index in [0.717, 1.165) is 0 Å². The van der Waals surface area contributed by atoms with Crippen molar-refractivity contribution in [3.05, 3.63) is 87.9 Å². The van der Waals surface area contributed by atoms with Gasteiger partial charge in [-0.15, -0.1) is 0 Å². The van der Waals surface area contributed by atoms with Gasteiger partial charge in [-0.05, 0) is 66.7 Å². The quantitative estimate of drug-likeness (QED) is 0.363. The summed E-state index contributed by atoms with van der Waals surface area (Å²) < 4.78 is 28.1. The molecule has 0 aliphatic carbocycles. The lowest BCUT2D eigenvalue weighted by molar-refractivity contribution is 0.103. The van der Waals surface area contributed by atoms with Crippen LogP contribution in [0.3, 0.4) is 0 Å². The molecule has 0 N–H and O–H groups in total. The second-order valence-corrected chi connectivity index (χ2v) is 8.90. The first kappa shape index (κ1) is 19.7. The molecule has 138 valence electrons. The van der Waals surface area contributed by atoms with E-state index < -0.39 is 9.05 Å². The summed E-state index contributed by atoms with van der Waals surface area (Å²) in [5, 5.41) is 0.740. The molecular weight excluding hydrogens is 431 g/mol. The minimum absolute atomic E-state index is 0.0177. The fourth-order valence-corrected chi connectivity index (χ4v) is 3.45. The molecular formula is C19H11Cl3O4S. The fraction of sp³-hybridized carbons (Fsp3) is 0. The maximum atomic E-state index is 12.6. The van der Waals surface area contributed by atoms with Crippen LogP contribution < -0.4 is 4.74 Å². The SMILES string of the molecule is O=C(c1ccc(Oc2ccc(S(=O)(=O)Cl)cc2)cc1)c1cc(Cl)ccc1Cl. The van der Waals surface area contributed by atoms with Gasteiger partial charge < -0.3 is 4.74 Å². The lowest BCUT2D eigenvalue weighted by Crippen LogP contribution is -2.02. The molecule has 4 nitrogen and oxygen atoms in total. The zero-order chi connectivity index (χ0) is 19.6. The third-order valence-electron chi connectivity index (χ3n) is 3.63. The molecule has 0 fully saturated rings. The molecule has 0 unspecified atom stereocenters. The van der Waals surface area contributed by atoms with Gasteiger partial charge in [0.1, 0.15) is 11.5 Å². The van der Waals surface area contributed by atoms with Crippen molar-refractivity contribution in [3.63, 3.8) is 0 Å². The highest BCUT2D eigenvalue weighted by Gasteiger charge is 2.14. The van der Waals surface area contributed by atoms with E-state index in [9.17, 15) is 13.2 Å². The van der Waals surface area contributed by atoms with Crippen LogP contribution in [0, 0.1) is 0 Å². The minimum atomic E-state index is -3.78. The maximum Gasteiger partial charge on any atom is 0.261 e. The topological polar surface area (TPSA) is 60.4 Å². The Balaban J connectivity index is 1.77. The van der Waals surface area contributed by atoms with Gasteiger partial charge in [0.2, 0.25) is 0 Å². The molecule has 0 radical (unpaired) electrons. The molecule has 0 aliphatic heterocycles. The predicted molar refractivity (Wildman–Crippen MR) is 106 cm³/mol. The number of carbonyl (C=O) groups excluding carboxylic acids is 1. The van der Waals surface area contributed by atoms with Crippen LogP contribution in [0.4, 0.5) is 0 Å².